The van der Waals surface area contributed by atoms with Gasteiger partial charge in [-0.25, -0.2) is 0 Å². The smallest absolute Gasteiger partial charge is 0.0175 e. The van der Waals surface area contributed by atoms with Crippen molar-refractivity contribution >= 4 is 26.7 Å². The molecule has 17 heavy (non-hydrogen) atoms. The van der Waals surface area contributed by atoms with Gasteiger partial charge in [0.05, 0.1) is 0 Å². The molecule has 0 nitrogen and oxygen atoms in total. The Balaban J connectivity index is 2.27. The molecule has 0 amide bonds. The minimum absolute atomic E-state index is 1.10. The third-order valence-electron chi connectivity index (χ3n) is 2.86. The van der Waals surface area contributed by atoms with Crippen molar-refractivity contribution < 1.29 is 0 Å². The van der Waals surface area contributed by atoms with Gasteiger partial charge in [-0.15, -0.1) is 0 Å². The van der Waals surface area contributed by atoms with E-state index in [2.05, 4.69) is 70.5 Å². The molecule has 0 spiro atoms. The number of benzene rings is 3. The van der Waals surface area contributed by atoms with Crippen LogP contribution in [0.5, 0.6) is 0 Å². The first-order valence-electron chi connectivity index (χ1n) is 5.50. The molecule has 3 aromatic carbocycles. The molecule has 0 aliphatic carbocycles. The monoisotopic (exact) mass is 281 g/mol. The number of hydrogen-bond donors (Lipinski definition) is 0. The zero-order valence-electron chi connectivity index (χ0n) is 9.15. The first kappa shape index (κ1) is 10.5. The summed E-state index contributed by atoms with van der Waals surface area (Å²) in [7, 11) is 0. The fourth-order valence-electron chi connectivity index (χ4n) is 2.03. The van der Waals surface area contributed by atoms with Gasteiger partial charge >= 0.3 is 0 Å². The summed E-state index contributed by atoms with van der Waals surface area (Å²) >= 11 is 3.46. The lowest BCUT2D eigenvalue weighted by Gasteiger charge is -2.06. The zero-order chi connectivity index (χ0) is 11.7. The van der Waals surface area contributed by atoms with Gasteiger partial charge in [-0.1, -0.05) is 64.5 Å². The number of hydrogen-bond acceptors (Lipinski definition) is 0. The van der Waals surface area contributed by atoms with Crippen LogP contribution in [0.1, 0.15) is 0 Å². The summed E-state index contributed by atoms with van der Waals surface area (Å²) in [5, 5.41) is 2.41. The van der Waals surface area contributed by atoms with E-state index in [0.717, 1.165) is 9.86 Å². The molecule has 0 aliphatic heterocycles. The summed E-state index contributed by atoms with van der Waals surface area (Å²) in [6.45, 7) is 0. The molecule has 0 saturated heterocycles. The van der Waals surface area contributed by atoms with Crippen molar-refractivity contribution in [3.8, 4) is 11.1 Å². The van der Waals surface area contributed by atoms with E-state index < -0.39 is 0 Å². The van der Waals surface area contributed by atoms with Crippen LogP contribution in [0.25, 0.3) is 21.9 Å². The van der Waals surface area contributed by atoms with E-state index in [-0.39, 0.29) is 0 Å². The first-order chi connectivity index (χ1) is 8.34. The van der Waals surface area contributed by atoms with Gasteiger partial charge in [-0.05, 0) is 40.1 Å². The van der Waals surface area contributed by atoms with Crippen molar-refractivity contribution in [1.29, 1.82) is 0 Å². The van der Waals surface area contributed by atoms with Crippen LogP contribution in [0.2, 0.25) is 0 Å². The average Bonchev–Trinajstić information content (AvgIpc) is 2.39. The van der Waals surface area contributed by atoms with Crippen LogP contribution in [-0.2, 0) is 0 Å². The summed E-state index contributed by atoms with van der Waals surface area (Å²) in [4.78, 5) is 0. The van der Waals surface area contributed by atoms with Crippen LogP contribution in [0.3, 0.4) is 0 Å². The van der Waals surface area contributed by atoms with Crippen molar-refractivity contribution in [3.63, 3.8) is 0 Å². The Morgan fingerprint density at radius 1 is 0.824 bits per heavy atom. The molecule has 3 aromatic rings. The minimum atomic E-state index is 1.10. The second kappa shape index (κ2) is 4.34. The molecule has 0 aromatic heterocycles. The zero-order valence-corrected chi connectivity index (χ0v) is 10.7. The highest BCUT2D eigenvalue weighted by Gasteiger charge is 2.02. The van der Waals surface area contributed by atoms with Gasteiger partial charge in [0.1, 0.15) is 0 Å². The highest BCUT2D eigenvalue weighted by Crippen LogP contribution is 2.28. The highest BCUT2D eigenvalue weighted by molar-refractivity contribution is 9.10. The maximum atomic E-state index is 3.46. The van der Waals surface area contributed by atoms with E-state index in [0.29, 0.717) is 0 Å². The second-order valence-electron chi connectivity index (χ2n) is 3.94. The van der Waals surface area contributed by atoms with E-state index in [1.807, 2.05) is 12.1 Å². The van der Waals surface area contributed by atoms with Crippen LogP contribution in [0.15, 0.2) is 65.1 Å². The average molecular weight is 282 g/mol. The molecule has 81 valence electrons. The third-order valence-corrected chi connectivity index (χ3v) is 3.39. The van der Waals surface area contributed by atoms with Gasteiger partial charge in [0.25, 0.3) is 0 Å². The molecule has 1 heteroatoms. The van der Waals surface area contributed by atoms with Gasteiger partial charge in [-0.3, -0.25) is 0 Å². The van der Waals surface area contributed by atoms with E-state index in [4.69, 9.17) is 0 Å². The topological polar surface area (TPSA) is 0 Å². The SMILES string of the molecule is Brc1ccc(-c2cc[c]c3ccccc23)cc1. The third kappa shape index (κ3) is 1.98. The van der Waals surface area contributed by atoms with E-state index in [1.165, 1.54) is 16.5 Å². The van der Waals surface area contributed by atoms with Gasteiger partial charge in [0.2, 0.25) is 0 Å². The van der Waals surface area contributed by atoms with Crippen LogP contribution in [-0.4, -0.2) is 0 Å². The lowest BCUT2D eigenvalue weighted by Crippen LogP contribution is -1.80. The summed E-state index contributed by atoms with van der Waals surface area (Å²) in [6, 6.07) is 24.1. The van der Waals surface area contributed by atoms with Crippen molar-refractivity contribution in [2.45, 2.75) is 0 Å². The molecular weight excluding hydrogens is 272 g/mol. The summed E-state index contributed by atoms with van der Waals surface area (Å²) in [5.41, 5.74) is 2.49. The highest BCUT2D eigenvalue weighted by atomic mass is 79.9. The maximum Gasteiger partial charge on any atom is 0.0175 e. The van der Waals surface area contributed by atoms with Crippen molar-refractivity contribution in [1.82, 2.24) is 0 Å². The number of rotatable bonds is 1. The van der Waals surface area contributed by atoms with Crippen LogP contribution >= 0.6 is 15.9 Å². The lowest BCUT2D eigenvalue weighted by molar-refractivity contribution is 1.62. The Morgan fingerprint density at radius 2 is 1.59 bits per heavy atom. The largest absolute Gasteiger partial charge is 0.0616 e. The lowest BCUT2D eigenvalue weighted by atomic mass is 9.98. The molecule has 0 aliphatic rings. The Hall–Kier alpha value is -1.60. The molecular formula is C16H10Br. The van der Waals surface area contributed by atoms with Crippen LogP contribution < -0.4 is 0 Å². The predicted molar refractivity (Wildman–Crippen MR) is 75.9 cm³/mol. The molecule has 0 fully saturated rings. The Kier molecular flexibility index (Phi) is 2.69. The Labute approximate surface area is 109 Å². The summed E-state index contributed by atoms with van der Waals surface area (Å²) in [5.74, 6) is 0. The molecule has 0 bridgehead atoms. The molecule has 3 rings (SSSR count). The Bertz CT molecular complexity index is 648. The molecule has 0 unspecified atom stereocenters. The standard InChI is InChI=1S/C16H10Br/c17-14-10-8-13(9-11-14)16-7-3-5-12-4-1-2-6-15(12)16/h1-4,6-11H. The first-order valence-corrected chi connectivity index (χ1v) is 6.29. The molecule has 1 radical (unpaired) electrons. The number of fused-ring (bicyclic) bond motifs is 1. The summed E-state index contributed by atoms with van der Waals surface area (Å²) < 4.78 is 1.10. The van der Waals surface area contributed by atoms with Crippen molar-refractivity contribution in [2.24, 2.45) is 0 Å². The van der Waals surface area contributed by atoms with Gasteiger partial charge < -0.3 is 0 Å². The second-order valence-corrected chi connectivity index (χ2v) is 4.86. The van der Waals surface area contributed by atoms with Crippen molar-refractivity contribution in [2.75, 3.05) is 0 Å². The van der Waals surface area contributed by atoms with E-state index in [1.54, 1.807) is 0 Å². The normalized spacial score (nSPS) is 10.6. The van der Waals surface area contributed by atoms with Gasteiger partial charge in [0, 0.05) is 4.47 Å². The van der Waals surface area contributed by atoms with Crippen molar-refractivity contribution in [3.05, 3.63) is 71.2 Å². The van der Waals surface area contributed by atoms with Gasteiger partial charge in [0.15, 0.2) is 0 Å². The Morgan fingerprint density at radius 3 is 2.41 bits per heavy atom. The van der Waals surface area contributed by atoms with Gasteiger partial charge in [-0.2, -0.15) is 0 Å². The fourth-order valence-corrected chi connectivity index (χ4v) is 2.29. The quantitative estimate of drug-likeness (QED) is 0.584. The fraction of sp³-hybridized carbons (Fsp3) is 0. The van der Waals surface area contributed by atoms with E-state index in [9.17, 15) is 0 Å². The minimum Gasteiger partial charge on any atom is -0.0616 e. The molecule has 0 N–H and O–H groups in total. The van der Waals surface area contributed by atoms with Crippen LogP contribution in [0.4, 0.5) is 0 Å². The van der Waals surface area contributed by atoms with E-state index >= 15 is 0 Å². The predicted octanol–water partition coefficient (Wildman–Crippen LogP) is 5.07. The summed E-state index contributed by atoms with van der Waals surface area (Å²) in [6.07, 6.45) is 0. The molecule has 0 heterocycles. The number of halogens is 1. The van der Waals surface area contributed by atoms with Crippen LogP contribution in [0, 0.1) is 6.07 Å². The molecule has 0 atom stereocenters. The molecule has 0 saturated carbocycles. The maximum absolute atomic E-state index is 3.46.